The Kier molecular flexibility index (Phi) is 7.61. The highest BCUT2D eigenvalue weighted by atomic mass is 16.5. The van der Waals surface area contributed by atoms with E-state index in [4.69, 9.17) is 9.47 Å². The molecule has 0 aliphatic heterocycles. The molecule has 30 heavy (non-hydrogen) atoms. The molecule has 0 radical (unpaired) electrons. The first-order valence-electron chi connectivity index (χ1n) is 10.4. The van der Waals surface area contributed by atoms with Crippen molar-refractivity contribution < 1.29 is 24.5 Å². The predicted octanol–water partition coefficient (Wildman–Crippen LogP) is 2.57. The number of nitrogens with one attached hydrogen (secondary N) is 1. The van der Waals surface area contributed by atoms with Crippen molar-refractivity contribution in [3.05, 3.63) is 71.8 Å². The Balaban J connectivity index is 1.79. The number of rotatable bonds is 8. The number of carbonyl (C=O) groups is 1. The molecule has 2 aromatic carbocycles. The van der Waals surface area contributed by atoms with Crippen molar-refractivity contribution in [2.24, 2.45) is 0 Å². The molecule has 1 saturated carbocycles. The molecule has 0 unspecified atom stereocenters. The molecule has 0 bridgehead atoms. The van der Waals surface area contributed by atoms with Crippen LogP contribution in [0.4, 0.5) is 0 Å². The molecular weight excluding hydrogens is 382 g/mol. The molecule has 3 N–H and O–H groups in total. The normalized spacial score (nSPS) is 26.5. The lowest BCUT2D eigenvalue weighted by atomic mass is 9.78. The number of ether oxygens (including phenoxy) is 2. The van der Waals surface area contributed by atoms with Crippen molar-refractivity contribution in [2.75, 3.05) is 0 Å². The Morgan fingerprint density at radius 3 is 2.13 bits per heavy atom. The molecule has 0 heterocycles. The van der Waals surface area contributed by atoms with Gasteiger partial charge in [0.05, 0.1) is 25.4 Å². The average Bonchev–Trinajstić information content (AvgIpc) is 2.74. The molecule has 4 atom stereocenters. The molecular formula is C24H31NO5. The molecule has 6 nitrogen and oxygen atoms in total. The number of aliphatic hydroxyl groups is 2. The van der Waals surface area contributed by atoms with E-state index < -0.39 is 23.9 Å². The van der Waals surface area contributed by atoms with Crippen LogP contribution in [0.3, 0.4) is 0 Å². The van der Waals surface area contributed by atoms with Gasteiger partial charge < -0.3 is 25.0 Å². The predicted molar refractivity (Wildman–Crippen MR) is 114 cm³/mol. The fourth-order valence-electron chi connectivity index (χ4n) is 3.73. The standard InChI is InChI=1S/C24H31NO5/c1-17(2)25-23(28)24(30-16-19-11-7-4-8-12-19)13-20(26)22(27)21(14-24)29-15-18-9-5-3-6-10-18/h3-12,17,20-22,26-27H,13-16H2,1-2H3,(H,25,28)/t20-,21+,22-,24+/m1/s1. The second kappa shape index (κ2) is 10.2. The summed E-state index contributed by atoms with van der Waals surface area (Å²) < 4.78 is 12.1. The third kappa shape index (κ3) is 5.67. The van der Waals surface area contributed by atoms with E-state index in [9.17, 15) is 15.0 Å². The van der Waals surface area contributed by atoms with Crippen molar-refractivity contribution in [3.8, 4) is 0 Å². The van der Waals surface area contributed by atoms with Crippen molar-refractivity contribution in [3.63, 3.8) is 0 Å². The lowest BCUT2D eigenvalue weighted by molar-refractivity contribution is -0.200. The fourth-order valence-corrected chi connectivity index (χ4v) is 3.73. The van der Waals surface area contributed by atoms with Gasteiger partial charge in [0, 0.05) is 18.9 Å². The van der Waals surface area contributed by atoms with E-state index in [-0.39, 0.29) is 38.0 Å². The first-order valence-corrected chi connectivity index (χ1v) is 10.4. The van der Waals surface area contributed by atoms with Crippen LogP contribution in [0, 0.1) is 0 Å². The van der Waals surface area contributed by atoms with Crippen LogP contribution in [-0.2, 0) is 27.5 Å². The number of hydrogen-bond donors (Lipinski definition) is 3. The van der Waals surface area contributed by atoms with Crippen LogP contribution in [0.25, 0.3) is 0 Å². The third-order valence-corrected chi connectivity index (χ3v) is 5.34. The lowest BCUT2D eigenvalue weighted by Crippen LogP contribution is -2.61. The third-order valence-electron chi connectivity index (χ3n) is 5.34. The van der Waals surface area contributed by atoms with Crippen molar-refractivity contribution in [2.45, 2.75) is 69.9 Å². The first kappa shape index (κ1) is 22.4. The molecule has 1 aliphatic rings. The van der Waals surface area contributed by atoms with E-state index in [1.54, 1.807) is 0 Å². The largest absolute Gasteiger partial charge is 0.390 e. The number of carbonyl (C=O) groups excluding carboxylic acids is 1. The molecule has 2 aromatic rings. The smallest absolute Gasteiger partial charge is 0.252 e. The molecule has 1 amide bonds. The Labute approximate surface area is 177 Å². The number of amides is 1. The van der Waals surface area contributed by atoms with Gasteiger partial charge >= 0.3 is 0 Å². The van der Waals surface area contributed by atoms with E-state index in [1.807, 2.05) is 74.5 Å². The van der Waals surface area contributed by atoms with Crippen LogP contribution in [0.15, 0.2) is 60.7 Å². The highest BCUT2D eigenvalue weighted by Crippen LogP contribution is 2.35. The van der Waals surface area contributed by atoms with E-state index in [0.29, 0.717) is 0 Å². The fraction of sp³-hybridized carbons (Fsp3) is 0.458. The van der Waals surface area contributed by atoms with Gasteiger partial charge in [0.2, 0.25) is 0 Å². The van der Waals surface area contributed by atoms with Gasteiger partial charge in [-0.2, -0.15) is 0 Å². The number of aliphatic hydroxyl groups excluding tert-OH is 2. The lowest BCUT2D eigenvalue weighted by Gasteiger charge is -2.44. The summed E-state index contributed by atoms with van der Waals surface area (Å²) >= 11 is 0. The van der Waals surface area contributed by atoms with Gasteiger partial charge in [-0.15, -0.1) is 0 Å². The summed E-state index contributed by atoms with van der Waals surface area (Å²) in [5.74, 6) is -0.298. The summed E-state index contributed by atoms with van der Waals surface area (Å²) in [5, 5.41) is 24.0. The maximum absolute atomic E-state index is 13.1. The molecule has 6 heteroatoms. The number of benzene rings is 2. The van der Waals surface area contributed by atoms with Crippen LogP contribution in [0.1, 0.15) is 37.8 Å². The van der Waals surface area contributed by atoms with Crippen LogP contribution < -0.4 is 5.32 Å². The van der Waals surface area contributed by atoms with Gasteiger partial charge in [-0.3, -0.25) is 4.79 Å². The molecule has 3 rings (SSSR count). The zero-order chi connectivity index (χ0) is 21.6. The molecule has 1 fully saturated rings. The molecule has 0 aromatic heterocycles. The van der Waals surface area contributed by atoms with Crippen LogP contribution >= 0.6 is 0 Å². The summed E-state index contributed by atoms with van der Waals surface area (Å²) in [6.45, 7) is 4.25. The SMILES string of the molecule is CC(C)NC(=O)[C@]1(OCc2ccccc2)C[C@@H](O)[C@@H](O)[C@@H](OCc2ccccc2)C1. The maximum atomic E-state index is 13.1. The highest BCUT2D eigenvalue weighted by molar-refractivity contribution is 5.85. The summed E-state index contributed by atoms with van der Waals surface area (Å²) in [4.78, 5) is 13.1. The van der Waals surface area contributed by atoms with E-state index >= 15 is 0 Å². The van der Waals surface area contributed by atoms with E-state index in [1.165, 1.54) is 0 Å². The van der Waals surface area contributed by atoms with Crippen LogP contribution in [0.2, 0.25) is 0 Å². The minimum absolute atomic E-state index is 0.00471. The first-order chi connectivity index (χ1) is 14.4. The van der Waals surface area contributed by atoms with Crippen LogP contribution in [-0.4, -0.2) is 46.1 Å². The Hall–Kier alpha value is -2.25. The molecule has 162 valence electrons. The summed E-state index contributed by atoms with van der Waals surface area (Å²) in [6, 6.07) is 19.1. The van der Waals surface area contributed by atoms with Gasteiger partial charge in [0.1, 0.15) is 6.10 Å². The second-order valence-corrected chi connectivity index (χ2v) is 8.20. The van der Waals surface area contributed by atoms with Gasteiger partial charge in [-0.05, 0) is 25.0 Å². The topological polar surface area (TPSA) is 88.0 Å². The van der Waals surface area contributed by atoms with Crippen LogP contribution in [0.5, 0.6) is 0 Å². The minimum atomic E-state index is -1.29. The second-order valence-electron chi connectivity index (χ2n) is 8.20. The summed E-state index contributed by atoms with van der Waals surface area (Å²) in [5.41, 5.74) is 0.587. The number of hydrogen-bond acceptors (Lipinski definition) is 5. The zero-order valence-electron chi connectivity index (χ0n) is 17.5. The summed E-state index contributed by atoms with van der Waals surface area (Å²) in [6.07, 6.45) is -2.79. The monoisotopic (exact) mass is 413 g/mol. The maximum Gasteiger partial charge on any atom is 0.252 e. The molecule has 0 spiro atoms. The van der Waals surface area contributed by atoms with Crippen molar-refractivity contribution in [1.82, 2.24) is 5.32 Å². The summed E-state index contributed by atoms with van der Waals surface area (Å²) in [7, 11) is 0. The highest BCUT2D eigenvalue weighted by Gasteiger charge is 2.51. The Morgan fingerprint density at radius 2 is 1.57 bits per heavy atom. The minimum Gasteiger partial charge on any atom is -0.390 e. The van der Waals surface area contributed by atoms with Gasteiger partial charge in [0.25, 0.3) is 5.91 Å². The van der Waals surface area contributed by atoms with E-state index in [2.05, 4.69) is 5.32 Å². The zero-order valence-corrected chi connectivity index (χ0v) is 17.5. The van der Waals surface area contributed by atoms with Crippen molar-refractivity contribution in [1.29, 1.82) is 0 Å². The van der Waals surface area contributed by atoms with Gasteiger partial charge in [-0.1, -0.05) is 60.7 Å². The Morgan fingerprint density at radius 1 is 1.00 bits per heavy atom. The molecule has 1 aliphatic carbocycles. The average molecular weight is 414 g/mol. The van der Waals surface area contributed by atoms with Gasteiger partial charge in [0.15, 0.2) is 5.60 Å². The quantitative estimate of drug-likeness (QED) is 0.619. The van der Waals surface area contributed by atoms with E-state index in [0.717, 1.165) is 11.1 Å². The molecule has 0 saturated heterocycles. The Bertz CT molecular complexity index is 798. The van der Waals surface area contributed by atoms with Crippen molar-refractivity contribution >= 4 is 5.91 Å². The van der Waals surface area contributed by atoms with Gasteiger partial charge in [-0.25, -0.2) is 0 Å².